The molecule has 0 spiro atoms. The number of carbonyl (C=O) groups excluding carboxylic acids is 1. The van der Waals surface area contributed by atoms with Gasteiger partial charge in [0.25, 0.3) is 5.91 Å². The molecule has 0 saturated carbocycles. The third-order valence-corrected chi connectivity index (χ3v) is 6.74. The Morgan fingerprint density at radius 2 is 1.83 bits per heavy atom. The van der Waals surface area contributed by atoms with E-state index in [0.29, 0.717) is 17.9 Å². The molecule has 1 aliphatic heterocycles. The zero-order valence-corrected chi connectivity index (χ0v) is 18.5. The number of nitrogens with one attached hydrogen (secondary N) is 2. The first kappa shape index (κ1) is 22.5. The van der Waals surface area contributed by atoms with Crippen LogP contribution >= 0.6 is 0 Å². The predicted molar refractivity (Wildman–Crippen MR) is 116 cm³/mol. The Balaban J connectivity index is 1.44. The van der Waals surface area contributed by atoms with Crippen LogP contribution in [0, 0.1) is 11.8 Å². The van der Waals surface area contributed by atoms with E-state index in [0.717, 1.165) is 37.9 Å². The summed E-state index contributed by atoms with van der Waals surface area (Å²) >= 11 is 0. The maximum atomic E-state index is 12.4. The molecule has 2 N–H and O–H groups in total. The number of furan rings is 1. The molecule has 7 nitrogen and oxygen atoms in total. The van der Waals surface area contributed by atoms with E-state index in [9.17, 15) is 13.2 Å². The van der Waals surface area contributed by atoms with Crippen LogP contribution in [0.15, 0.2) is 52.0 Å². The fourth-order valence-corrected chi connectivity index (χ4v) is 5.02. The SMILES string of the molecule is C[C@@H]1C[C@@H](C)CN(CCCNC(=O)c2ccc(S(=O)(=O)NCc3ccco3)cc2)C1. The lowest BCUT2D eigenvalue weighted by atomic mass is 9.92. The number of amides is 1. The molecule has 2 atom stereocenters. The van der Waals surface area contributed by atoms with Crippen LogP contribution in [0.1, 0.15) is 42.8 Å². The first-order valence-electron chi connectivity index (χ1n) is 10.5. The number of hydrogen-bond donors (Lipinski definition) is 2. The first-order chi connectivity index (χ1) is 14.3. The highest BCUT2D eigenvalue weighted by molar-refractivity contribution is 7.89. The summed E-state index contributed by atoms with van der Waals surface area (Å²) in [5.41, 5.74) is 0.445. The second-order valence-electron chi connectivity index (χ2n) is 8.24. The van der Waals surface area contributed by atoms with E-state index in [1.165, 1.54) is 36.9 Å². The van der Waals surface area contributed by atoms with Crippen molar-refractivity contribution in [2.45, 2.75) is 38.1 Å². The predicted octanol–water partition coefficient (Wildman–Crippen LogP) is 2.86. The molecule has 1 aromatic heterocycles. The third-order valence-electron chi connectivity index (χ3n) is 5.32. The Morgan fingerprint density at radius 3 is 2.47 bits per heavy atom. The number of carbonyl (C=O) groups is 1. The monoisotopic (exact) mass is 433 g/mol. The van der Waals surface area contributed by atoms with Gasteiger partial charge in [-0.2, -0.15) is 0 Å². The maximum absolute atomic E-state index is 12.4. The molecule has 0 unspecified atom stereocenters. The summed E-state index contributed by atoms with van der Waals surface area (Å²) in [5.74, 6) is 1.80. The van der Waals surface area contributed by atoms with Gasteiger partial charge in [0.05, 0.1) is 17.7 Å². The summed E-state index contributed by atoms with van der Waals surface area (Å²) in [5, 5.41) is 2.92. The Kier molecular flexibility index (Phi) is 7.69. The van der Waals surface area contributed by atoms with E-state index in [2.05, 4.69) is 28.8 Å². The van der Waals surface area contributed by atoms with Crippen LogP contribution in [0.2, 0.25) is 0 Å². The van der Waals surface area contributed by atoms with Crippen LogP contribution in [-0.2, 0) is 16.6 Å². The quantitative estimate of drug-likeness (QED) is 0.594. The van der Waals surface area contributed by atoms with Crippen molar-refractivity contribution < 1.29 is 17.6 Å². The zero-order chi connectivity index (χ0) is 21.6. The molecule has 2 heterocycles. The Morgan fingerprint density at radius 1 is 1.13 bits per heavy atom. The summed E-state index contributed by atoms with van der Waals surface area (Å²) in [6.07, 6.45) is 3.68. The highest BCUT2D eigenvalue weighted by atomic mass is 32.2. The van der Waals surface area contributed by atoms with Gasteiger partial charge in [-0.3, -0.25) is 4.79 Å². The van der Waals surface area contributed by atoms with Crippen LogP contribution in [0.3, 0.4) is 0 Å². The average molecular weight is 434 g/mol. The summed E-state index contributed by atoms with van der Waals surface area (Å²) in [7, 11) is -3.67. The Labute approximate surface area is 178 Å². The number of nitrogens with zero attached hydrogens (tertiary/aromatic N) is 1. The van der Waals surface area contributed by atoms with Gasteiger partial charge in [0.15, 0.2) is 0 Å². The number of piperidine rings is 1. The lowest BCUT2D eigenvalue weighted by Crippen LogP contribution is -2.40. The second-order valence-corrected chi connectivity index (χ2v) is 10.0. The van der Waals surface area contributed by atoms with Crippen molar-refractivity contribution in [2.24, 2.45) is 11.8 Å². The highest BCUT2D eigenvalue weighted by Gasteiger charge is 2.21. The molecule has 1 saturated heterocycles. The molecule has 1 aromatic carbocycles. The molecule has 1 aliphatic rings. The summed E-state index contributed by atoms with van der Waals surface area (Å²) in [6.45, 7) is 8.49. The first-order valence-corrected chi connectivity index (χ1v) is 11.9. The van der Waals surface area contributed by atoms with Crippen LogP contribution in [0.5, 0.6) is 0 Å². The molecule has 8 heteroatoms. The molecule has 0 radical (unpaired) electrons. The largest absolute Gasteiger partial charge is 0.468 e. The lowest BCUT2D eigenvalue weighted by Gasteiger charge is -2.34. The van der Waals surface area contributed by atoms with E-state index < -0.39 is 10.0 Å². The van der Waals surface area contributed by atoms with Gasteiger partial charge in [0.1, 0.15) is 5.76 Å². The standard InChI is InChI=1S/C22H31N3O4S/c1-17-13-18(2)16-25(15-17)11-4-10-23-22(26)19-6-8-21(9-7-19)30(27,28)24-14-20-5-3-12-29-20/h3,5-9,12,17-18,24H,4,10-11,13-16H2,1-2H3,(H,23,26)/t17-,18-/m1/s1. The summed E-state index contributed by atoms with van der Waals surface area (Å²) < 4.78 is 32.3. The van der Waals surface area contributed by atoms with Crippen molar-refractivity contribution in [3.63, 3.8) is 0 Å². The zero-order valence-electron chi connectivity index (χ0n) is 17.6. The average Bonchev–Trinajstić information content (AvgIpc) is 3.23. The topological polar surface area (TPSA) is 91.7 Å². The van der Waals surface area contributed by atoms with Gasteiger partial charge < -0.3 is 14.6 Å². The number of rotatable bonds is 9. The van der Waals surface area contributed by atoms with E-state index in [4.69, 9.17) is 4.42 Å². The van der Waals surface area contributed by atoms with E-state index >= 15 is 0 Å². The molecule has 0 bridgehead atoms. The van der Waals surface area contributed by atoms with E-state index in [1.54, 1.807) is 12.1 Å². The summed E-state index contributed by atoms with van der Waals surface area (Å²) in [4.78, 5) is 14.9. The van der Waals surface area contributed by atoms with Gasteiger partial charge in [0, 0.05) is 25.2 Å². The fraction of sp³-hybridized carbons (Fsp3) is 0.500. The molecule has 164 valence electrons. The van der Waals surface area contributed by atoms with Gasteiger partial charge in [-0.25, -0.2) is 13.1 Å². The molecule has 1 amide bonds. The van der Waals surface area contributed by atoms with Crippen molar-refractivity contribution in [3.05, 3.63) is 54.0 Å². The normalized spacial score (nSPS) is 20.2. The van der Waals surface area contributed by atoms with Gasteiger partial charge in [-0.05, 0) is 67.6 Å². The van der Waals surface area contributed by atoms with Crippen LogP contribution in [0.25, 0.3) is 0 Å². The van der Waals surface area contributed by atoms with Crippen molar-refractivity contribution in [1.82, 2.24) is 14.9 Å². The fourth-order valence-electron chi connectivity index (χ4n) is 4.03. The minimum atomic E-state index is -3.67. The highest BCUT2D eigenvalue weighted by Crippen LogP contribution is 2.20. The van der Waals surface area contributed by atoms with Gasteiger partial charge in [0.2, 0.25) is 10.0 Å². The molecule has 3 rings (SSSR count). The Hall–Kier alpha value is -2.16. The smallest absolute Gasteiger partial charge is 0.251 e. The Bertz CT molecular complexity index is 900. The van der Waals surface area contributed by atoms with Crippen molar-refractivity contribution in [1.29, 1.82) is 0 Å². The maximum Gasteiger partial charge on any atom is 0.251 e. The third kappa shape index (κ3) is 6.42. The minimum Gasteiger partial charge on any atom is -0.468 e. The van der Waals surface area contributed by atoms with Gasteiger partial charge in [-0.15, -0.1) is 0 Å². The lowest BCUT2D eigenvalue weighted by molar-refractivity contribution is 0.0947. The number of hydrogen-bond acceptors (Lipinski definition) is 5. The van der Waals surface area contributed by atoms with Gasteiger partial charge >= 0.3 is 0 Å². The summed E-state index contributed by atoms with van der Waals surface area (Å²) in [6, 6.07) is 9.34. The molecular weight excluding hydrogens is 402 g/mol. The second kappa shape index (κ2) is 10.2. The number of benzene rings is 1. The van der Waals surface area contributed by atoms with Crippen molar-refractivity contribution in [3.8, 4) is 0 Å². The molecule has 1 fully saturated rings. The molecule has 0 aliphatic carbocycles. The van der Waals surface area contributed by atoms with Crippen LogP contribution < -0.4 is 10.0 Å². The van der Waals surface area contributed by atoms with Crippen LogP contribution in [0.4, 0.5) is 0 Å². The van der Waals surface area contributed by atoms with Crippen molar-refractivity contribution >= 4 is 15.9 Å². The van der Waals surface area contributed by atoms with Gasteiger partial charge in [-0.1, -0.05) is 13.8 Å². The molecular formula is C22H31N3O4S. The number of likely N-dealkylation sites (tertiary alicyclic amines) is 1. The van der Waals surface area contributed by atoms with E-state index in [-0.39, 0.29) is 17.3 Å². The number of sulfonamides is 1. The van der Waals surface area contributed by atoms with Crippen molar-refractivity contribution in [2.75, 3.05) is 26.2 Å². The van der Waals surface area contributed by atoms with E-state index in [1.807, 2.05) is 0 Å². The molecule has 2 aromatic rings. The molecule has 30 heavy (non-hydrogen) atoms. The van der Waals surface area contributed by atoms with Crippen LogP contribution in [-0.4, -0.2) is 45.4 Å². The minimum absolute atomic E-state index is 0.0755.